The van der Waals surface area contributed by atoms with Crippen LogP contribution >= 0.6 is 0 Å². The van der Waals surface area contributed by atoms with Gasteiger partial charge in [0.1, 0.15) is 23.8 Å². The Kier molecular flexibility index (Phi) is 3.93. The van der Waals surface area contributed by atoms with Crippen LogP contribution in [0.1, 0.15) is 28.9 Å². The van der Waals surface area contributed by atoms with Gasteiger partial charge < -0.3 is 10.2 Å². The molecule has 0 radical (unpaired) electrons. The van der Waals surface area contributed by atoms with E-state index in [-0.39, 0.29) is 5.56 Å². The monoisotopic (exact) mass is 264 g/mol. The van der Waals surface area contributed by atoms with Gasteiger partial charge >= 0.3 is 0 Å². The average molecular weight is 264 g/mol. The molecule has 0 fully saturated rings. The van der Waals surface area contributed by atoms with Crippen LogP contribution in [0.2, 0.25) is 0 Å². The molecule has 2 N–H and O–H groups in total. The van der Waals surface area contributed by atoms with Gasteiger partial charge in [-0.1, -0.05) is 36.4 Å². The Hall–Kier alpha value is -1.78. The largest absolute Gasteiger partial charge is 0.385 e. The average Bonchev–Trinajstić information content (AvgIpc) is 2.43. The Morgan fingerprint density at radius 3 is 2.16 bits per heavy atom. The zero-order valence-corrected chi connectivity index (χ0v) is 10.3. The summed E-state index contributed by atoms with van der Waals surface area (Å²) < 4.78 is 27.5. The zero-order chi connectivity index (χ0) is 14.0. The minimum Gasteiger partial charge on any atom is -0.385 e. The van der Waals surface area contributed by atoms with Crippen molar-refractivity contribution in [3.63, 3.8) is 0 Å². The quantitative estimate of drug-likeness (QED) is 0.894. The molecule has 4 heteroatoms. The molecule has 0 aliphatic heterocycles. The van der Waals surface area contributed by atoms with Gasteiger partial charge in [0.25, 0.3) is 0 Å². The van der Waals surface area contributed by atoms with Crippen LogP contribution in [0.25, 0.3) is 0 Å². The standard InChI is InChI=1S/C15H14F2O2/c1-9-7-8-11(16)12(13(9)17)15(19)14(18)10-5-3-2-4-6-10/h2-8,14-15,18-19H,1H3. The number of aliphatic hydroxyl groups is 2. The van der Waals surface area contributed by atoms with E-state index < -0.39 is 29.4 Å². The molecule has 0 spiro atoms. The van der Waals surface area contributed by atoms with Gasteiger partial charge in [0, 0.05) is 0 Å². The predicted octanol–water partition coefficient (Wildman–Crippen LogP) is 3.04. The second-order valence-electron chi connectivity index (χ2n) is 4.39. The second-order valence-corrected chi connectivity index (χ2v) is 4.39. The Bertz CT molecular complexity index is 570. The Balaban J connectivity index is 2.40. The highest BCUT2D eigenvalue weighted by Gasteiger charge is 2.26. The molecule has 19 heavy (non-hydrogen) atoms. The lowest BCUT2D eigenvalue weighted by atomic mass is 9.96. The van der Waals surface area contributed by atoms with Crippen molar-refractivity contribution in [2.45, 2.75) is 19.1 Å². The van der Waals surface area contributed by atoms with Crippen LogP contribution in [0.4, 0.5) is 8.78 Å². The van der Waals surface area contributed by atoms with Crippen molar-refractivity contribution in [2.24, 2.45) is 0 Å². The van der Waals surface area contributed by atoms with Gasteiger partial charge in [0.2, 0.25) is 0 Å². The van der Waals surface area contributed by atoms with Gasteiger partial charge in [-0.2, -0.15) is 0 Å². The van der Waals surface area contributed by atoms with Crippen molar-refractivity contribution < 1.29 is 19.0 Å². The molecule has 0 saturated carbocycles. The highest BCUT2D eigenvalue weighted by Crippen LogP contribution is 2.32. The fourth-order valence-electron chi connectivity index (χ4n) is 1.94. The molecule has 2 rings (SSSR count). The van der Waals surface area contributed by atoms with Crippen molar-refractivity contribution in [3.05, 3.63) is 70.8 Å². The molecular formula is C15H14F2O2. The molecule has 2 aromatic rings. The van der Waals surface area contributed by atoms with Gasteiger partial charge in [-0.3, -0.25) is 0 Å². The molecule has 0 aromatic heterocycles. The zero-order valence-electron chi connectivity index (χ0n) is 10.3. The number of aryl methyl sites for hydroxylation is 1. The lowest BCUT2D eigenvalue weighted by Gasteiger charge is -2.20. The summed E-state index contributed by atoms with van der Waals surface area (Å²) in [5.74, 6) is -1.70. The van der Waals surface area contributed by atoms with Crippen LogP contribution < -0.4 is 0 Å². The fourth-order valence-corrected chi connectivity index (χ4v) is 1.94. The van der Waals surface area contributed by atoms with Crippen LogP contribution in [0.3, 0.4) is 0 Å². The first-order chi connectivity index (χ1) is 9.02. The lowest BCUT2D eigenvalue weighted by molar-refractivity contribution is 0.0128. The summed E-state index contributed by atoms with van der Waals surface area (Å²) in [7, 11) is 0. The second kappa shape index (κ2) is 5.47. The summed E-state index contributed by atoms with van der Waals surface area (Å²) in [4.78, 5) is 0. The normalized spacial score (nSPS) is 14.2. The highest BCUT2D eigenvalue weighted by atomic mass is 19.1. The maximum atomic E-state index is 13.9. The summed E-state index contributed by atoms with van der Waals surface area (Å²) in [5.41, 5.74) is 0.113. The molecule has 2 aromatic carbocycles. The third kappa shape index (κ3) is 2.64. The van der Waals surface area contributed by atoms with Crippen LogP contribution in [0.15, 0.2) is 42.5 Å². The number of rotatable bonds is 3. The number of hydrogen-bond donors (Lipinski definition) is 2. The first-order valence-electron chi connectivity index (χ1n) is 5.88. The molecule has 0 bridgehead atoms. The lowest BCUT2D eigenvalue weighted by Crippen LogP contribution is -2.14. The molecule has 2 nitrogen and oxygen atoms in total. The molecule has 0 saturated heterocycles. The maximum absolute atomic E-state index is 13.9. The molecule has 0 heterocycles. The summed E-state index contributed by atoms with van der Waals surface area (Å²) in [6.45, 7) is 1.47. The predicted molar refractivity (Wildman–Crippen MR) is 67.5 cm³/mol. The van der Waals surface area contributed by atoms with Crippen LogP contribution in [0.5, 0.6) is 0 Å². The Labute approximate surface area is 110 Å². The summed E-state index contributed by atoms with van der Waals surface area (Å²) in [6, 6.07) is 10.6. The molecule has 100 valence electrons. The van der Waals surface area contributed by atoms with Crippen molar-refractivity contribution in [2.75, 3.05) is 0 Å². The number of hydrogen-bond acceptors (Lipinski definition) is 2. The number of benzene rings is 2. The van der Waals surface area contributed by atoms with Gasteiger partial charge in [0.05, 0.1) is 5.56 Å². The topological polar surface area (TPSA) is 40.5 Å². The molecule has 0 amide bonds. The minimum absolute atomic E-state index is 0.218. The third-order valence-electron chi connectivity index (χ3n) is 3.06. The summed E-state index contributed by atoms with van der Waals surface area (Å²) in [5, 5.41) is 20.0. The van der Waals surface area contributed by atoms with E-state index in [0.29, 0.717) is 5.56 Å². The van der Waals surface area contributed by atoms with E-state index in [1.54, 1.807) is 30.3 Å². The fraction of sp³-hybridized carbons (Fsp3) is 0.200. The van der Waals surface area contributed by atoms with E-state index in [1.165, 1.54) is 13.0 Å². The van der Waals surface area contributed by atoms with Crippen LogP contribution in [0, 0.1) is 18.6 Å². The van der Waals surface area contributed by atoms with E-state index in [9.17, 15) is 19.0 Å². The van der Waals surface area contributed by atoms with Crippen molar-refractivity contribution in [1.29, 1.82) is 0 Å². The van der Waals surface area contributed by atoms with Gasteiger partial charge in [-0.25, -0.2) is 8.78 Å². The van der Waals surface area contributed by atoms with Crippen molar-refractivity contribution in [1.82, 2.24) is 0 Å². The van der Waals surface area contributed by atoms with Gasteiger partial charge in [-0.15, -0.1) is 0 Å². The van der Waals surface area contributed by atoms with Gasteiger partial charge in [-0.05, 0) is 24.1 Å². The minimum atomic E-state index is -1.65. The molecule has 2 unspecified atom stereocenters. The van der Waals surface area contributed by atoms with Crippen molar-refractivity contribution >= 4 is 0 Å². The smallest absolute Gasteiger partial charge is 0.134 e. The van der Waals surface area contributed by atoms with E-state index >= 15 is 0 Å². The third-order valence-corrected chi connectivity index (χ3v) is 3.06. The Morgan fingerprint density at radius 2 is 1.53 bits per heavy atom. The first-order valence-corrected chi connectivity index (χ1v) is 5.88. The summed E-state index contributed by atoms with van der Waals surface area (Å²) >= 11 is 0. The first kappa shape index (κ1) is 13.6. The van der Waals surface area contributed by atoms with Crippen LogP contribution in [-0.4, -0.2) is 10.2 Å². The molecule has 0 aliphatic rings. The molecular weight excluding hydrogens is 250 g/mol. The molecule has 2 atom stereocenters. The highest BCUT2D eigenvalue weighted by molar-refractivity contribution is 5.31. The van der Waals surface area contributed by atoms with Gasteiger partial charge in [0.15, 0.2) is 0 Å². The molecule has 0 aliphatic carbocycles. The van der Waals surface area contributed by atoms with E-state index in [0.717, 1.165) is 6.07 Å². The maximum Gasteiger partial charge on any atom is 0.134 e. The number of aliphatic hydroxyl groups excluding tert-OH is 2. The Morgan fingerprint density at radius 1 is 0.895 bits per heavy atom. The van der Waals surface area contributed by atoms with Crippen molar-refractivity contribution in [3.8, 4) is 0 Å². The van der Waals surface area contributed by atoms with E-state index in [2.05, 4.69) is 0 Å². The SMILES string of the molecule is Cc1ccc(F)c(C(O)C(O)c2ccccc2)c1F. The van der Waals surface area contributed by atoms with E-state index in [1.807, 2.05) is 0 Å². The summed E-state index contributed by atoms with van der Waals surface area (Å²) in [6.07, 6.45) is -3.03. The van der Waals surface area contributed by atoms with Crippen LogP contribution in [-0.2, 0) is 0 Å². The van der Waals surface area contributed by atoms with E-state index in [4.69, 9.17) is 0 Å². The number of halogens is 2.